The quantitative estimate of drug-likeness (QED) is 0.460. The van der Waals surface area contributed by atoms with Crippen LogP contribution in [0.4, 0.5) is 0 Å². The van der Waals surface area contributed by atoms with Crippen molar-refractivity contribution in [3.63, 3.8) is 0 Å². The lowest BCUT2D eigenvalue weighted by molar-refractivity contribution is -0.696. The summed E-state index contributed by atoms with van der Waals surface area (Å²) in [5.74, 6) is 0. The summed E-state index contributed by atoms with van der Waals surface area (Å²) in [5, 5.41) is 0. The highest BCUT2D eigenvalue weighted by atomic mass is 16.5. The van der Waals surface area contributed by atoms with Crippen molar-refractivity contribution in [3.8, 4) is 0 Å². The SMILES string of the molecule is CCCC[n+]1ccn(CCOCCOCC)c1. The summed E-state index contributed by atoms with van der Waals surface area (Å²) in [4.78, 5) is 0. The average molecular weight is 241 g/mol. The topological polar surface area (TPSA) is 27.3 Å². The molecule has 4 heteroatoms. The fourth-order valence-corrected chi connectivity index (χ4v) is 1.58. The van der Waals surface area contributed by atoms with Gasteiger partial charge >= 0.3 is 0 Å². The highest BCUT2D eigenvalue weighted by molar-refractivity contribution is 4.65. The van der Waals surface area contributed by atoms with Gasteiger partial charge in [-0.2, -0.15) is 0 Å². The predicted octanol–water partition coefficient (Wildman–Crippen LogP) is 1.63. The van der Waals surface area contributed by atoms with Crippen LogP contribution in [-0.4, -0.2) is 31.0 Å². The molecule has 0 saturated heterocycles. The largest absolute Gasteiger partial charge is 0.379 e. The van der Waals surface area contributed by atoms with Gasteiger partial charge in [0, 0.05) is 6.61 Å². The van der Waals surface area contributed by atoms with Crippen LogP contribution in [0, 0.1) is 0 Å². The summed E-state index contributed by atoms with van der Waals surface area (Å²) in [6, 6.07) is 0. The summed E-state index contributed by atoms with van der Waals surface area (Å²) in [5.41, 5.74) is 0. The monoisotopic (exact) mass is 241 g/mol. The van der Waals surface area contributed by atoms with Gasteiger partial charge in [-0.05, 0) is 13.3 Å². The zero-order chi connectivity index (χ0) is 12.3. The second-order valence-corrected chi connectivity index (χ2v) is 4.05. The first-order chi connectivity index (χ1) is 8.36. The van der Waals surface area contributed by atoms with Gasteiger partial charge in [0.2, 0.25) is 6.33 Å². The third-order valence-corrected chi connectivity index (χ3v) is 2.59. The summed E-state index contributed by atoms with van der Waals surface area (Å²) in [6.45, 7) is 9.11. The summed E-state index contributed by atoms with van der Waals surface area (Å²) in [6.07, 6.45) is 8.83. The lowest BCUT2D eigenvalue weighted by Crippen LogP contribution is -2.30. The fraction of sp³-hybridized carbons (Fsp3) is 0.769. The van der Waals surface area contributed by atoms with Crippen LogP contribution < -0.4 is 4.57 Å². The van der Waals surface area contributed by atoms with Crippen molar-refractivity contribution in [2.24, 2.45) is 0 Å². The lowest BCUT2D eigenvalue weighted by atomic mass is 10.3. The van der Waals surface area contributed by atoms with Crippen molar-refractivity contribution in [1.29, 1.82) is 0 Å². The van der Waals surface area contributed by atoms with Gasteiger partial charge in [-0.15, -0.1) is 0 Å². The number of unbranched alkanes of at least 4 members (excludes halogenated alkanes) is 1. The first kappa shape index (κ1) is 14.2. The molecule has 4 nitrogen and oxygen atoms in total. The van der Waals surface area contributed by atoms with E-state index >= 15 is 0 Å². The third-order valence-electron chi connectivity index (χ3n) is 2.59. The number of hydrogen-bond donors (Lipinski definition) is 0. The number of aryl methyl sites for hydroxylation is 1. The van der Waals surface area contributed by atoms with Crippen LogP contribution in [0.3, 0.4) is 0 Å². The molecule has 0 saturated carbocycles. The smallest absolute Gasteiger partial charge is 0.243 e. The summed E-state index contributed by atoms with van der Waals surface area (Å²) < 4.78 is 15.1. The molecule has 0 bridgehead atoms. The maximum absolute atomic E-state index is 5.47. The van der Waals surface area contributed by atoms with Crippen LogP contribution in [0.15, 0.2) is 18.7 Å². The molecule has 0 spiro atoms. The Kier molecular flexibility index (Phi) is 7.67. The van der Waals surface area contributed by atoms with E-state index in [1.54, 1.807) is 0 Å². The summed E-state index contributed by atoms with van der Waals surface area (Å²) >= 11 is 0. The normalized spacial score (nSPS) is 10.9. The summed E-state index contributed by atoms with van der Waals surface area (Å²) in [7, 11) is 0. The third kappa shape index (κ3) is 6.44. The second kappa shape index (κ2) is 9.19. The van der Waals surface area contributed by atoms with Crippen molar-refractivity contribution < 1.29 is 14.0 Å². The number of rotatable bonds is 10. The van der Waals surface area contributed by atoms with Crippen LogP contribution in [0.5, 0.6) is 0 Å². The van der Waals surface area contributed by atoms with Crippen molar-refractivity contribution in [2.75, 3.05) is 26.4 Å². The van der Waals surface area contributed by atoms with E-state index in [1.807, 2.05) is 6.92 Å². The number of aromatic nitrogens is 2. The van der Waals surface area contributed by atoms with Gasteiger partial charge in [0.15, 0.2) is 0 Å². The first-order valence-corrected chi connectivity index (χ1v) is 6.57. The molecule has 0 amide bonds. The van der Waals surface area contributed by atoms with Crippen LogP contribution in [0.1, 0.15) is 26.7 Å². The highest BCUT2D eigenvalue weighted by Gasteiger charge is 2.02. The molecular weight excluding hydrogens is 216 g/mol. The molecule has 1 aromatic heterocycles. The molecule has 0 N–H and O–H groups in total. The van der Waals surface area contributed by atoms with Gasteiger partial charge in [0.1, 0.15) is 18.9 Å². The van der Waals surface area contributed by atoms with Gasteiger partial charge in [-0.1, -0.05) is 13.3 Å². The molecule has 98 valence electrons. The molecule has 0 aromatic carbocycles. The van der Waals surface area contributed by atoms with Gasteiger partial charge in [-0.25, -0.2) is 9.13 Å². The van der Waals surface area contributed by atoms with E-state index < -0.39 is 0 Å². The van der Waals surface area contributed by atoms with E-state index in [4.69, 9.17) is 9.47 Å². The lowest BCUT2D eigenvalue weighted by Gasteiger charge is -2.02. The number of nitrogens with zero attached hydrogens (tertiary/aromatic N) is 2. The molecule has 17 heavy (non-hydrogen) atoms. The minimum absolute atomic E-state index is 0.685. The molecule has 0 aliphatic rings. The van der Waals surface area contributed by atoms with Crippen molar-refractivity contribution in [2.45, 2.75) is 39.8 Å². The molecule has 1 heterocycles. The minimum Gasteiger partial charge on any atom is -0.379 e. The Labute approximate surface area is 104 Å². The van der Waals surface area contributed by atoms with Crippen LogP contribution in [0.25, 0.3) is 0 Å². The van der Waals surface area contributed by atoms with E-state index in [2.05, 4.69) is 34.8 Å². The fourth-order valence-electron chi connectivity index (χ4n) is 1.58. The van der Waals surface area contributed by atoms with Crippen molar-refractivity contribution in [1.82, 2.24) is 4.57 Å². The molecule has 0 unspecified atom stereocenters. The minimum atomic E-state index is 0.685. The molecular formula is C13H25N2O2+. The molecule has 0 radical (unpaired) electrons. The number of ether oxygens (including phenoxy) is 2. The zero-order valence-corrected chi connectivity index (χ0v) is 11.1. The number of imidazole rings is 1. The van der Waals surface area contributed by atoms with Gasteiger partial charge in [0.25, 0.3) is 0 Å². The first-order valence-electron chi connectivity index (χ1n) is 6.57. The molecule has 1 aromatic rings. The highest BCUT2D eigenvalue weighted by Crippen LogP contribution is 1.90. The van der Waals surface area contributed by atoms with Crippen LogP contribution in [-0.2, 0) is 22.6 Å². The van der Waals surface area contributed by atoms with E-state index in [0.29, 0.717) is 13.2 Å². The maximum atomic E-state index is 5.47. The zero-order valence-electron chi connectivity index (χ0n) is 11.1. The van der Waals surface area contributed by atoms with Gasteiger partial charge in [0.05, 0.1) is 26.4 Å². The molecule has 0 aliphatic heterocycles. The van der Waals surface area contributed by atoms with Gasteiger partial charge < -0.3 is 9.47 Å². The average Bonchev–Trinajstić information content (AvgIpc) is 2.79. The predicted molar refractivity (Wildman–Crippen MR) is 66.8 cm³/mol. The Hall–Kier alpha value is -0.870. The Morgan fingerprint density at radius 1 is 1.12 bits per heavy atom. The van der Waals surface area contributed by atoms with E-state index in [9.17, 15) is 0 Å². The van der Waals surface area contributed by atoms with Gasteiger partial charge in [-0.3, -0.25) is 0 Å². The Bertz CT molecular complexity index is 287. The van der Waals surface area contributed by atoms with E-state index in [-0.39, 0.29) is 0 Å². The van der Waals surface area contributed by atoms with E-state index in [1.165, 1.54) is 12.8 Å². The van der Waals surface area contributed by atoms with Crippen LogP contribution >= 0.6 is 0 Å². The molecule has 0 atom stereocenters. The molecule has 1 rings (SSSR count). The van der Waals surface area contributed by atoms with E-state index in [0.717, 1.165) is 26.3 Å². The Morgan fingerprint density at radius 2 is 1.94 bits per heavy atom. The maximum Gasteiger partial charge on any atom is 0.243 e. The Morgan fingerprint density at radius 3 is 2.71 bits per heavy atom. The Balaban J connectivity index is 2.08. The number of hydrogen-bond acceptors (Lipinski definition) is 2. The van der Waals surface area contributed by atoms with Crippen LogP contribution in [0.2, 0.25) is 0 Å². The molecule has 0 aliphatic carbocycles. The second-order valence-electron chi connectivity index (χ2n) is 4.05. The molecule has 0 fully saturated rings. The van der Waals surface area contributed by atoms with Crippen molar-refractivity contribution in [3.05, 3.63) is 18.7 Å². The van der Waals surface area contributed by atoms with Crippen molar-refractivity contribution >= 4 is 0 Å². The standard InChI is InChI=1S/C13H25N2O2/c1-3-5-6-14-7-8-15(13-14)9-10-17-12-11-16-4-2/h7-8,13H,3-6,9-12H2,1-2H3/q+1.